The largest absolute Gasteiger partial charge is 0.341 e. The van der Waals surface area contributed by atoms with E-state index in [9.17, 15) is 9.59 Å². The molecule has 4 nitrogen and oxygen atoms in total. The zero-order chi connectivity index (χ0) is 15.4. The molecule has 1 fully saturated rings. The topological polar surface area (TPSA) is 40.6 Å². The Morgan fingerprint density at radius 1 is 1.48 bits per heavy atom. The van der Waals surface area contributed by atoms with Crippen molar-refractivity contribution in [3.8, 4) is 0 Å². The molecule has 0 spiro atoms. The Bertz CT molecular complexity index is 516. The third-order valence-electron chi connectivity index (χ3n) is 3.74. The van der Waals surface area contributed by atoms with E-state index >= 15 is 0 Å². The third kappa shape index (κ3) is 3.61. The first kappa shape index (κ1) is 16.4. The minimum atomic E-state index is 0.118. The summed E-state index contributed by atoms with van der Waals surface area (Å²) in [5.41, 5.74) is 1.24. The van der Waals surface area contributed by atoms with Gasteiger partial charge in [0.05, 0.1) is 5.75 Å². The maximum atomic E-state index is 12.1. The van der Waals surface area contributed by atoms with Crippen LogP contribution < -0.4 is 0 Å². The SMILES string of the molecule is CCC(=O)N(CC)CCN1C(=O)CSC1c1sccc1C. The molecule has 1 unspecified atom stereocenters. The number of thiophene rings is 1. The van der Waals surface area contributed by atoms with Crippen molar-refractivity contribution in [2.24, 2.45) is 0 Å². The second kappa shape index (κ2) is 7.31. The Morgan fingerprint density at radius 2 is 2.24 bits per heavy atom. The van der Waals surface area contributed by atoms with Gasteiger partial charge in [-0.2, -0.15) is 0 Å². The zero-order valence-corrected chi connectivity index (χ0v) is 14.4. The number of rotatable bonds is 6. The van der Waals surface area contributed by atoms with Crippen molar-refractivity contribution in [1.82, 2.24) is 9.80 Å². The summed E-state index contributed by atoms with van der Waals surface area (Å²) in [6.45, 7) is 7.88. The Balaban J connectivity index is 2.04. The maximum Gasteiger partial charge on any atom is 0.233 e. The molecular weight excluding hydrogens is 304 g/mol. The Kier molecular flexibility index (Phi) is 5.70. The monoisotopic (exact) mass is 326 g/mol. The quantitative estimate of drug-likeness (QED) is 0.807. The predicted molar refractivity (Wildman–Crippen MR) is 88.5 cm³/mol. The van der Waals surface area contributed by atoms with Gasteiger partial charge in [-0.15, -0.1) is 23.1 Å². The second-order valence-corrected chi connectivity index (χ2v) is 7.06. The van der Waals surface area contributed by atoms with Gasteiger partial charge in [0.1, 0.15) is 5.37 Å². The number of nitrogens with zero attached hydrogens (tertiary/aromatic N) is 2. The minimum absolute atomic E-state index is 0.118. The van der Waals surface area contributed by atoms with Gasteiger partial charge in [-0.25, -0.2) is 0 Å². The molecule has 1 aliphatic rings. The van der Waals surface area contributed by atoms with Crippen LogP contribution in [0.4, 0.5) is 0 Å². The number of amides is 2. The molecule has 2 rings (SSSR count). The highest BCUT2D eigenvalue weighted by Gasteiger charge is 2.34. The molecule has 0 radical (unpaired) electrons. The van der Waals surface area contributed by atoms with Crippen LogP contribution >= 0.6 is 23.1 Å². The first-order valence-electron chi connectivity index (χ1n) is 7.31. The first-order valence-corrected chi connectivity index (χ1v) is 9.24. The fourth-order valence-electron chi connectivity index (χ4n) is 2.46. The van der Waals surface area contributed by atoms with E-state index < -0.39 is 0 Å². The molecule has 1 atom stereocenters. The molecule has 1 aromatic heterocycles. The molecule has 2 amide bonds. The summed E-state index contributed by atoms with van der Waals surface area (Å²) >= 11 is 3.40. The smallest absolute Gasteiger partial charge is 0.233 e. The number of aryl methyl sites for hydroxylation is 1. The molecular formula is C15H22N2O2S2. The Morgan fingerprint density at radius 3 is 2.81 bits per heavy atom. The van der Waals surface area contributed by atoms with Gasteiger partial charge in [-0.1, -0.05) is 6.92 Å². The maximum absolute atomic E-state index is 12.1. The number of thioether (sulfide) groups is 1. The molecule has 1 aromatic rings. The van der Waals surface area contributed by atoms with E-state index in [1.165, 1.54) is 10.4 Å². The highest BCUT2D eigenvalue weighted by Crippen LogP contribution is 2.41. The van der Waals surface area contributed by atoms with Crippen LogP contribution in [0.15, 0.2) is 11.4 Å². The van der Waals surface area contributed by atoms with E-state index in [2.05, 4.69) is 18.4 Å². The van der Waals surface area contributed by atoms with Gasteiger partial charge >= 0.3 is 0 Å². The summed E-state index contributed by atoms with van der Waals surface area (Å²) in [6, 6.07) is 2.10. The summed E-state index contributed by atoms with van der Waals surface area (Å²) in [7, 11) is 0. The number of hydrogen-bond donors (Lipinski definition) is 0. The second-order valence-electron chi connectivity index (χ2n) is 5.05. The van der Waals surface area contributed by atoms with E-state index in [0.29, 0.717) is 31.8 Å². The number of carbonyl (C=O) groups is 2. The average Bonchev–Trinajstić information content (AvgIpc) is 3.05. The third-order valence-corrected chi connectivity index (χ3v) is 6.18. The molecule has 0 bridgehead atoms. The predicted octanol–water partition coefficient (Wildman–Crippen LogP) is 2.89. The van der Waals surface area contributed by atoms with Gasteiger partial charge in [0, 0.05) is 30.9 Å². The molecule has 6 heteroatoms. The normalized spacial score (nSPS) is 18.3. The highest BCUT2D eigenvalue weighted by molar-refractivity contribution is 8.00. The van der Waals surface area contributed by atoms with E-state index in [1.807, 2.05) is 23.6 Å². The molecule has 21 heavy (non-hydrogen) atoms. The van der Waals surface area contributed by atoms with Crippen molar-refractivity contribution < 1.29 is 9.59 Å². The fraction of sp³-hybridized carbons (Fsp3) is 0.600. The van der Waals surface area contributed by atoms with Crippen LogP contribution in [-0.2, 0) is 9.59 Å². The van der Waals surface area contributed by atoms with Gasteiger partial charge in [-0.3, -0.25) is 9.59 Å². The molecule has 0 aromatic carbocycles. The lowest BCUT2D eigenvalue weighted by Crippen LogP contribution is -2.39. The van der Waals surface area contributed by atoms with E-state index in [4.69, 9.17) is 0 Å². The van der Waals surface area contributed by atoms with E-state index in [1.54, 1.807) is 23.1 Å². The average molecular weight is 326 g/mol. The lowest BCUT2D eigenvalue weighted by molar-refractivity contribution is -0.133. The summed E-state index contributed by atoms with van der Waals surface area (Å²) in [4.78, 5) is 29.0. The molecule has 1 saturated heterocycles. The number of carbonyl (C=O) groups excluding carboxylic acids is 2. The molecule has 116 valence electrons. The fourth-order valence-corrected chi connectivity index (χ4v) is 4.96. The van der Waals surface area contributed by atoms with Gasteiger partial charge in [-0.05, 0) is 30.9 Å². The summed E-state index contributed by atoms with van der Waals surface area (Å²) in [5, 5.41) is 2.19. The zero-order valence-electron chi connectivity index (χ0n) is 12.8. The molecule has 0 aliphatic carbocycles. The first-order chi connectivity index (χ1) is 10.1. The molecule has 1 aliphatic heterocycles. The molecule has 0 N–H and O–H groups in total. The van der Waals surface area contributed by atoms with Crippen molar-refractivity contribution in [3.05, 3.63) is 21.9 Å². The van der Waals surface area contributed by atoms with Crippen molar-refractivity contribution in [1.29, 1.82) is 0 Å². The number of likely N-dealkylation sites (N-methyl/N-ethyl adjacent to an activating group) is 1. The van der Waals surface area contributed by atoms with Gasteiger partial charge in [0.2, 0.25) is 11.8 Å². The summed E-state index contributed by atoms with van der Waals surface area (Å²) in [5.74, 6) is 0.869. The van der Waals surface area contributed by atoms with Crippen LogP contribution in [0.5, 0.6) is 0 Å². The Hall–Kier alpha value is -1.01. The van der Waals surface area contributed by atoms with E-state index in [0.717, 1.165) is 0 Å². The standard InChI is InChI=1S/C15H22N2O2S2/c1-4-12(18)16(5-2)7-8-17-13(19)10-21-15(17)14-11(3)6-9-20-14/h6,9,15H,4-5,7-8,10H2,1-3H3. The van der Waals surface area contributed by atoms with Crippen molar-refractivity contribution in [2.45, 2.75) is 32.6 Å². The van der Waals surface area contributed by atoms with E-state index in [-0.39, 0.29) is 17.2 Å². The van der Waals surface area contributed by atoms with Crippen molar-refractivity contribution in [3.63, 3.8) is 0 Å². The lowest BCUT2D eigenvalue weighted by atomic mass is 10.2. The van der Waals surface area contributed by atoms with Gasteiger partial charge in [0.15, 0.2) is 0 Å². The van der Waals surface area contributed by atoms with Crippen molar-refractivity contribution >= 4 is 34.9 Å². The summed E-state index contributed by atoms with van der Waals surface area (Å²) < 4.78 is 0. The lowest BCUT2D eigenvalue weighted by Gasteiger charge is -2.27. The van der Waals surface area contributed by atoms with Crippen LogP contribution in [0, 0.1) is 6.92 Å². The Labute approximate surface area is 134 Å². The van der Waals surface area contributed by atoms with Crippen LogP contribution in [0.25, 0.3) is 0 Å². The molecule has 2 heterocycles. The number of hydrogen-bond acceptors (Lipinski definition) is 4. The molecule has 0 saturated carbocycles. The highest BCUT2D eigenvalue weighted by atomic mass is 32.2. The van der Waals surface area contributed by atoms with Crippen LogP contribution in [0.3, 0.4) is 0 Å². The van der Waals surface area contributed by atoms with Gasteiger partial charge in [0.25, 0.3) is 0 Å². The van der Waals surface area contributed by atoms with Crippen LogP contribution in [0.2, 0.25) is 0 Å². The van der Waals surface area contributed by atoms with Crippen LogP contribution in [-0.4, -0.2) is 47.0 Å². The minimum Gasteiger partial charge on any atom is -0.341 e. The summed E-state index contributed by atoms with van der Waals surface area (Å²) in [6.07, 6.45) is 0.518. The van der Waals surface area contributed by atoms with Gasteiger partial charge < -0.3 is 9.80 Å². The van der Waals surface area contributed by atoms with Crippen molar-refractivity contribution in [2.75, 3.05) is 25.4 Å². The van der Waals surface area contributed by atoms with Crippen LogP contribution in [0.1, 0.15) is 36.1 Å².